The zero-order valence-corrected chi connectivity index (χ0v) is 20.6. The zero-order chi connectivity index (χ0) is 24.9. The van der Waals surface area contributed by atoms with Crippen molar-refractivity contribution in [1.29, 1.82) is 0 Å². The molecule has 0 bridgehead atoms. The fourth-order valence-electron chi connectivity index (χ4n) is 4.94. The highest BCUT2D eigenvalue weighted by Gasteiger charge is 2.42. The average Bonchev–Trinajstić information content (AvgIpc) is 2.87. The third kappa shape index (κ3) is 4.95. The van der Waals surface area contributed by atoms with E-state index >= 15 is 0 Å². The smallest absolute Gasteiger partial charge is 0.336 e. The van der Waals surface area contributed by atoms with E-state index in [0.717, 1.165) is 11.3 Å². The standard InChI is InChI=1S/C28H31NO6/c1-17-25(28(31)35-13-12-32-2)26(21-16-20(33-3)10-11-24(21)34-4)27-22(29-17)14-19(15-23(27)30)18-8-6-5-7-9-18/h5-11,16,19,26,29H,12-15H2,1-4H3/t19-,26-/m1/s1. The van der Waals surface area contributed by atoms with E-state index in [-0.39, 0.29) is 24.9 Å². The zero-order valence-electron chi connectivity index (χ0n) is 20.6. The molecule has 7 nitrogen and oxygen atoms in total. The molecule has 0 aromatic heterocycles. The van der Waals surface area contributed by atoms with E-state index in [4.69, 9.17) is 18.9 Å². The first-order valence-electron chi connectivity index (χ1n) is 11.6. The largest absolute Gasteiger partial charge is 0.497 e. The molecule has 2 aromatic rings. The Morgan fingerprint density at radius 2 is 1.77 bits per heavy atom. The highest BCUT2D eigenvalue weighted by molar-refractivity contribution is 6.04. The van der Waals surface area contributed by atoms with Gasteiger partial charge >= 0.3 is 5.97 Å². The molecule has 0 spiro atoms. The van der Waals surface area contributed by atoms with Crippen molar-refractivity contribution in [2.75, 3.05) is 34.5 Å². The molecule has 1 N–H and O–H groups in total. The van der Waals surface area contributed by atoms with Gasteiger partial charge in [-0.25, -0.2) is 4.79 Å². The molecule has 1 aliphatic carbocycles. The van der Waals surface area contributed by atoms with Crippen molar-refractivity contribution in [3.8, 4) is 11.5 Å². The minimum Gasteiger partial charge on any atom is -0.497 e. The highest BCUT2D eigenvalue weighted by atomic mass is 16.6. The lowest BCUT2D eigenvalue weighted by Crippen LogP contribution is -2.36. The topological polar surface area (TPSA) is 83.1 Å². The summed E-state index contributed by atoms with van der Waals surface area (Å²) in [7, 11) is 4.70. The molecule has 184 valence electrons. The van der Waals surface area contributed by atoms with Gasteiger partial charge < -0.3 is 24.3 Å². The number of Topliss-reactive ketones (excluding diaryl/α,β-unsaturated/α-hetero) is 1. The predicted molar refractivity (Wildman–Crippen MR) is 131 cm³/mol. The number of ether oxygens (including phenoxy) is 4. The summed E-state index contributed by atoms with van der Waals surface area (Å²) in [6, 6.07) is 15.5. The van der Waals surface area contributed by atoms with Crippen molar-refractivity contribution in [2.24, 2.45) is 0 Å². The van der Waals surface area contributed by atoms with Gasteiger partial charge in [0.25, 0.3) is 0 Å². The first kappa shape index (κ1) is 24.5. The quantitative estimate of drug-likeness (QED) is 0.449. The number of hydrogen-bond acceptors (Lipinski definition) is 7. The van der Waals surface area contributed by atoms with Crippen molar-refractivity contribution in [1.82, 2.24) is 5.32 Å². The molecule has 0 saturated heterocycles. The summed E-state index contributed by atoms with van der Waals surface area (Å²) in [5.74, 6) is 0.0965. The predicted octanol–water partition coefficient (Wildman–Crippen LogP) is 4.26. The maximum atomic E-state index is 13.7. The number of dihydropyridines is 1. The molecular formula is C28H31NO6. The van der Waals surface area contributed by atoms with E-state index in [1.54, 1.807) is 33.5 Å². The summed E-state index contributed by atoms with van der Waals surface area (Å²) < 4.78 is 21.7. The molecule has 0 saturated carbocycles. The summed E-state index contributed by atoms with van der Waals surface area (Å²) in [5, 5.41) is 3.37. The number of esters is 1. The molecule has 2 aromatic carbocycles. The molecule has 2 atom stereocenters. The Hall–Kier alpha value is -3.58. The second-order valence-electron chi connectivity index (χ2n) is 8.66. The summed E-state index contributed by atoms with van der Waals surface area (Å²) in [6.45, 7) is 2.24. The van der Waals surface area contributed by atoms with Crippen LogP contribution in [0, 0.1) is 0 Å². The molecule has 0 radical (unpaired) electrons. The van der Waals surface area contributed by atoms with Crippen LogP contribution in [0.3, 0.4) is 0 Å². The van der Waals surface area contributed by atoms with E-state index in [1.165, 1.54) is 0 Å². The van der Waals surface area contributed by atoms with Crippen LogP contribution in [0.2, 0.25) is 0 Å². The van der Waals surface area contributed by atoms with Crippen LogP contribution in [-0.2, 0) is 19.1 Å². The van der Waals surface area contributed by atoms with E-state index in [2.05, 4.69) is 17.4 Å². The molecule has 0 unspecified atom stereocenters. The number of carbonyl (C=O) groups excluding carboxylic acids is 2. The van der Waals surface area contributed by atoms with Gasteiger partial charge in [0.15, 0.2) is 5.78 Å². The van der Waals surface area contributed by atoms with Crippen LogP contribution >= 0.6 is 0 Å². The van der Waals surface area contributed by atoms with Crippen LogP contribution in [-0.4, -0.2) is 46.3 Å². The molecule has 7 heteroatoms. The number of hydrogen-bond donors (Lipinski definition) is 1. The third-order valence-electron chi connectivity index (χ3n) is 6.59. The number of benzene rings is 2. The maximum absolute atomic E-state index is 13.7. The molecular weight excluding hydrogens is 446 g/mol. The average molecular weight is 478 g/mol. The normalized spacial score (nSPS) is 19.7. The summed E-state index contributed by atoms with van der Waals surface area (Å²) in [5.41, 5.74) is 4.26. The Labute approximate surface area is 205 Å². The summed E-state index contributed by atoms with van der Waals surface area (Å²) in [6.07, 6.45) is 1.02. The van der Waals surface area contributed by atoms with Gasteiger partial charge in [-0.3, -0.25) is 4.79 Å². The maximum Gasteiger partial charge on any atom is 0.336 e. The number of allylic oxidation sites excluding steroid dienone is 3. The second-order valence-corrected chi connectivity index (χ2v) is 8.66. The van der Waals surface area contributed by atoms with Gasteiger partial charge in [0.2, 0.25) is 0 Å². The van der Waals surface area contributed by atoms with Gasteiger partial charge in [-0.1, -0.05) is 30.3 Å². The monoisotopic (exact) mass is 477 g/mol. The van der Waals surface area contributed by atoms with E-state index in [1.807, 2.05) is 31.2 Å². The van der Waals surface area contributed by atoms with Crippen molar-refractivity contribution in [2.45, 2.75) is 31.6 Å². The first-order valence-corrected chi connectivity index (χ1v) is 11.6. The van der Waals surface area contributed by atoms with Gasteiger partial charge in [-0.15, -0.1) is 0 Å². The van der Waals surface area contributed by atoms with Gasteiger partial charge in [0.05, 0.1) is 32.3 Å². The Kier molecular flexibility index (Phi) is 7.56. The van der Waals surface area contributed by atoms with Crippen LogP contribution in [0.5, 0.6) is 11.5 Å². The molecule has 0 amide bonds. The second kappa shape index (κ2) is 10.8. The van der Waals surface area contributed by atoms with Crippen LogP contribution in [0.15, 0.2) is 71.1 Å². The number of methoxy groups -OCH3 is 3. The number of carbonyl (C=O) groups is 2. The molecule has 4 rings (SSSR count). The van der Waals surface area contributed by atoms with Crippen LogP contribution in [0.4, 0.5) is 0 Å². The molecule has 0 fully saturated rings. The number of ketones is 1. The lowest BCUT2D eigenvalue weighted by Gasteiger charge is -2.37. The van der Waals surface area contributed by atoms with Crippen LogP contribution in [0.25, 0.3) is 0 Å². The Morgan fingerprint density at radius 3 is 2.46 bits per heavy atom. The van der Waals surface area contributed by atoms with Gasteiger partial charge in [-0.2, -0.15) is 0 Å². The van der Waals surface area contributed by atoms with Crippen LogP contribution in [0.1, 0.15) is 42.7 Å². The molecule has 35 heavy (non-hydrogen) atoms. The highest BCUT2D eigenvalue weighted by Crippen LogP contribution is 2.48. The Balaban J connectivity index is 1.83. The summed E-state index contributed by atoms with van der Waals surface area (Å²) >= 11 is 0. The first-order chi connectivity index (χ1) is 17.0. The van der Waals surface area contributed by atoms with Gasteiger partial charge in [-0.05, 0) is 43.0 Å². The van der Waals surface area contributed by atoms with Crippen molar-refractivity contribution in [3.63, 3.8) is 0 Å². The molecule has 2 aliphatic rings. The molecule has 1 heterocycles. The van der Waals surface area contributed by atoms with Gasteiger partial charge in [0, 0.05) is 36.1 Å². The van der Waals surface area contributed by atoms with E-state index in [9.17, 15) is 9.59 Å². The molecule has 1 aliphatic heterocycles. The fraction of sp³-hybridized carbons (Fsp3) is 0.357. The van der Waals surface area contributed by atoms with Crippen LogP contribution < -0.4 is 14.8 Å². The number of nitrogens with one attached hydrogen (secondary N) is 1. The lowest BCUT2D eigenvalue weighted by atomic mass is 9.71. The number of rotatable bonds is 8. The van der Waals surface area contributed by atoms with Crippen molar-refractivity contribution >= 4 is 11.8 Å². The lowest BCUT2D eigenvalue weighted by molar-refractivity contribution is -0.140. The van der Waals surface area contributed by atoms with Gasteiger partial charge in [0.1, 0.15) is 18.1 Å². The fourth-order valence-corrected chi connectivity index (χ4v) is 4.94. The minimum absolute atomic E-state index is 0.00262. The van der Waals surface area contributed by atoms with E-state index in [0.29, 0.717) is 46.7 Å². The Bertz CT molecular complexity index is 1170. The third-order valence-corrected chi connectivity index (χ3v) is 6.59. The SMILES string of the molecule is COCCOC(=O)C1=C(C)NC2=C(C(=O)C[C@H](c3ccccc3)C2)[C@@H]1c1cc(OC)ccc1OC. The minimum atomic E-state index is -0.643. The summed E-state index contributed by atoms with van der Waals surface area (Å²) in [4.78, 5) is 27.0. The van der Waals surface area contributed by atoms with Crippen molar-refractivity contribution in [3.05, 3.63) is 82.2 Å². The van der Waals surface area contributed by atoms with Crippen molar-refractivity contribution < 1.29 is 28.5 Å². The van der Waals surface area contributed by atoms with E-state index < -0.39 is 11.9 Å². The Morgan fingerprint density at radius 1 is 1.00 bits per heavy atom.